The number of amides is 1. The average Bonchev–Trinajstić information content (AvgIpc) is 2.37. The van der Waals surface area contributed by atoms with E-state index in [1.54, 1.807) is 13.8 Å². The van der Waals surface area contributed by atoms with Gasteiger partial charge in [-0.1, -0.05) is 48.7 Å². The van der Waals surface area contributed by atoms with Gasteiger partial charge < -0.3 is 10.6 Å². The number of hydrogen-bond donors (Lipinski definition) is 2. The third-order valence-electron chi connectivity index (χ3n) is 2.53. The number of alkyl halides is 3. The van der Waals surface area contributed by atoms with E-state index in [-0.39, 0.29) is 17.5 Å². The second kappa shape index (κ2) is 7.15. The van der Waals surface area contributed by atoms with E-state index < -0.39 is 14.9 Å². The number of benzene rings is 1. The number of carbonyl (C=O) groups excluding carboxylic acids is 1. The summed E-state index contributed by atoms with van der Waals surface area (Å²) in [6, 6.07) is 5.54. The molecule has 1 unspecified atom stereocenters. The number of non-ortho nitro benzene ring substituents is 1. The van der Waals surface area contributed by atoms with Gasteiger partial charge in [-0.25, -0.2) is 0 Å². The van der Waals surface area contributed by atoms with Gasteiger partial charge in [0.15, 0.2) is 0 Å². The molecule has 0 aromatic heterocycles. The molecule has 1 atom stereocenters. The monoisotopic (exact) mass is 353 g/mol. The number of halogens is 3. The first-order chi connectivity index (χ1) is 9.61. The highest BCUT2D eigenvalue weighted by Crippen LogP contribution is 2.31. The van der Waals surface area contributed by atoms with Gasteiger partial charge in [0.05, 0.1) is 4.92 Å². The minimum absolute atomic E-state index is 0.0581. The minimum atomic E-state index is -1.79. The summed E-state index contributed by atoms with van der Waals surface area (Å²) in [6.07, 6.45) is -0.973. The SMILES string of the molecule is CC(C)C(=O)NC(Nc1ccc([N+](=O)[O-])cc1)C(Cl)(Cl)Cl. The predicted octanol–water partition coefficient (Wildman–Crippen LogP) is 3.48. The van der Waals surface area contributed by atoms with Crippen LogP contribution in [0.5, 0.6) is 0 Å². The lowest BCUT2D eigenvalue weighted by atomic mass is 10.2. The molecular formula is C12H14Cl3N3O3. The van der Waals surface area contributed by atoms with Gasteiger partial charge in [0.25, 0.3) is 5.69 Å². The molecule has 1 aromatic carbocycles. The van der Waals surface area contributed by atoms with Gasteiger partial charge in [0.1, 0.15) is 6.17 Å². The summed E-state index contributed by atoms with van der Waals surface area (Å²) >= 11 is 17.5. The van der Waals surface area contributed by atoms with Crippen molar-refractivity contribution in [2.75, 3.05) is 5.32 Å². The molecule has 2 N–H and O–H groups in total. The fourth-order valence-electron chi connectivity index (χ4n) is 1.35. The van der Waals surface area contributed by atoms with E-state index in [1.165, 1.54) is 24.3 Å². The zero-order valence-electron chi connectivity index (χ0n) is 11.3. The zero-order chi connectivity index (χ0) is 16.2. The number of nitro benzene ring substituents is 1. The van der Waals surface area contributed by atoms with Crippen LogP contribution in [-0.4, -0.2) is 20.8 Å². The Balaban J connectivity index is 2.86. The van der Waals surface area contributed by atoms with Crippen molar-refractivity contribution in [2.24, 2.45) is 5.92 Å². The number of carbonyl (C=O) groups is 1. The summed E-state index contributed by atoms with van der Waals surface area (Å²) in [5, 5.41) is 16.0. The summed E-state index contributed by atoms with van der Waals surface area (Å²) < 4.78 is -1.79. The summed E-state index contributed by atoms with van der Waals surface area (Å²) in [5.41, 5.74) is 0.415. The number of nitrogens with zero attached hydrogens (tertiary/aromatic N) is 1. The van der Waals surface area contributed by atoms with Crippen LogP contribution in [0.3, 0.4) is 0 Å². The largest absolute Gasteiger partial charge is 0.362 e. The summed E-state index contributed by atoms with van der Waals surface area (Å²) in [7, 11) is 0. The zero-order valence-corrected chi connectivity index (χ0v) is 13.5. The standard InChI is InChI=1S/C12H14Cl3N3O3/c1-7(2)10(19)17-11(12(13,14)15)16-8-3-5-9(6-4-8)18(20)21/h3-7,11,16H,1-2H3,(H,17,19). The van der Waals surface area contributed by atoms with Crippen molar-refractivity contribution in [1.82, 2.24) is 5.32 Å². The molecule has 9 heteroatoms. The smallest absolute Gasteiger partial charge is 0.269 e. The van der Waals surface area contributed by atoms with E-state index in [2.05, 4.69) is 10.6 Å². The van der Waals surface area contributed by atoms with E-state index in [9.17, 15) is 14.9 Å². The van der Waals surface area contributed by atoms with Crippen molar-refractivity contribution in [3.05, 3.63) is 34.4 Å². The Labute approximate surface area is 136 Å². The van der Waals surface area contributed by atoms with Crippen molar-refractivity contribution < 1.29 is 9.72 Å². The van der Waals surface area contributed by atoms with Crippen molar-refractivity contribution in [2.45, 2.75) is 23.8 Å². The van der Waals surface area contributed by atoms with Crippen LogP contribution in [-0.2, 0) is 4.79 Å². The molecule has 1 rings (SSSR count). The maximum Gasteiger partial charge on any atom is 0.269 e. The van der Waals surface area contributed by atoms with Crippen molar-refractivity contribution >= 4 is 52.1 Å². The van der Waals surface area contributed by atoms with Crippen LogP contribution in [0.25, 0.3) is 0 Å². The van der Waals surface area contributed by atoms with E-state index in [1.807, 2.05) is 0 Å². The summed E-state index contributed by atoms with van der Waals surface area (Å²) in [6.45, 7) is 3.41. The van der Waals surface area contributed by atoms with Gasteiger partial charge >= 0.3 is 0 Å². The molecule has 0 aliphatic rings. The lowest BCUT2D eigenvalue weighted by Crippen LogP contribution is -2.50. The van der Waals surface area contributed by atoms with Gasteiger partial charge in [0.2, 0.25) is 9.70 Å². The normalized spacial score (nSPS) is 12.9. The molecule has 0 radical (unpaired) electrons. The van der Waals surface area contributed by atoms with Gasteiger partial charge in [-0.3, -0.25) is 14.9 Å². The second-order valence-electron chi connectivity index (χ2n) is 4.59. The minimum Gasteiger partial charge on any atom is -0.362 e. The first kappa shape index (κ1) is 17.8. The first-order valence-electron chi connectivity index (χ1n) is 5.99. The highest BCUT2D eigenvalue weighted by atomic mass is 35.6. The Hall–Kier alpha value is -1.24. The van der Waals surface area contributed by atoms with Crippen LogP contribution in [0.15, 0.2) is 24.3 Å². The average molecular weight is 355 g/mol. The lowest BCUT2D eigenvalue weighted by molar-refractivity contribution is -0.384. The predicted molar refractivity (Wildman–Crippen MR) is 83.8 cm³/mol. The van der Waals surface area contributed by atoms with Gasteiger partial charge in [0, 0.05) is 23.7 Å². The van der Waals surface area contributed by atoms with E-state index in [4.69, 9.17) is 34.8 Å². The summed E-state index contributed by atoms with van der Waals surface area (Å²) in [4.78, 5) is 21.8. The van der Waals surface area contributed by atoms with Crippen LogP contribution >= 0.6 is 34.8 Å². The number of nitro groups is 1. The maximum atomic E-state index is 11.7. The fraction of sp³-hybridized carbons (Fsp3) is 0.417. The number of nitrogens with one attached hydrogen (secondary N) is 2. The topological polar surface area (TPSA) is 84.3 Å². The molecule has 1 aromatic rings. The fourth-order valence-corrected chi connectivity index (χ4v) is 1.68. The van der Waals surface area contributed by atoms with Crippen LogP contribution in [0.2, 0.25) is 0 Å². The Morgan fingerprint density at radius 1 is 1.24 bits per heavy atom. The van der Waals surface area contributed by atoms with Gasteiger partial charge in [-0.15, -0.1) is 0 Å². The molecule has 0 heterocycles. The molecule has 0 spiro atoms. The highest BCUT2D eigenvalue weighted by molar-refractivity contribution is 6.68. The Bertz CT molecular complexity index is 515. The molecular weight excluding hydrogens is 341 g/mol. The molecule has 0 aliphatic carbocycles. The first-order valence-corrected chi connectivity index (χ1v) is 7.12. The van der Waals surface area contributed by atoms with Crippen LogP contribution in [0.1, 0.15) is 13.8 Å². The van der Waals surface area contributed by atoms with Crippen LogP contribution in [0.4, 0.5) is 11.4 Å². The quantitative estimate of drug-likeness (QED) is 0.367. The molecule has 0 aliphatic heterocycles. The molecule has 6 nitrogen and oxygen atoms in total. The molecule has 0 saturated heterocycles. The Kier molecular flexibility index (Phi) is 6.07. The number of rotatable bonds is 5. The van der Waals surface area contributed by atoms with Crippen molar-refractivity contribution in [1.29, 1.82) is 0 Å². The molecule has 116 valence electrons. The Morgan fingerprint density at radius 3 is 2.14 bits per heavy atom. The number of anilines is 1. The maximum absolute atomic E-state index is 11.7. The van der Waals surface area contributed by atoms with E-state index in [0.29, 0.717) is 5.69 Å². The molecule has 0 saturated carbocycles. The molecule has 1 amide bonds. The van der Waals surface area contributed by atoms with Crippen LogP contribution in [0, 0.1) is 16.0 Å². The molecule has 21 heavy (non-hydrogen) atoms. The second-order valence-corrected chi connectivity index (χ2v) is 6.96. The van der Waals surface area contributed by atoms with Crippen molar-refractivity contribution in [3.63, 3.8) is 0 Å². The third-order valence-corrected chi connectivity index (χ3v) is 3.18. The van der Waals surface area contributed by atoms with E-state index in [0.717, 1.165) is 0 Å². The van der Waals surface area contributed by atoms with Crippen LogP contribution < -0.4 is 10.6 Å². The number of hydrogen-bond acceptors (Lipinski definition) is 4. The van der Waals surface area contributed by atoms with E-state index >= 15 is 0 Å². The summed E-state index contributed by atoms with van der Waals surface area (Å²) in [5.74, 6) is -0.570. The van der Waals surface area contributed by atoms with Gasteiger partial charge in [-0.05, 0) is 12.1 Å². The third kappa shape index (κ3) is 5.57. The molecule has 0 bridgehead atoms. The Morgan fingerprint density at radius 2 is 1.76 bits per heavy atom. The van der Waals surface area contributed by atoms with Gasteiger partial charge in [-0.2, -0.15) is 0 Å². The lowest BCUT2D eigenvalue weighted by Gasteiger charge is -2.28. The molecule has 0 fully saturated rings. The highest BCUT2D eigenvalue weighted by Gasteiger charge is 2.34. The van der Waals surface area contributed by atoms with Crippen molar-refractivity contribution in [3.8, 4) is 0 Å².